The fourth-order valence-corrected chi connectivity index (χ4v) is 5.15. The molecule has 0 aliphatic carbocycles. The van der Waals surface area contributed by atoms with E-state index >= 15 is 0 Å². The summed E-state index contributed by atoms with van der Waals surface area (Å²) in [6.07, 6.45) is -0.00333. The number of benzene rings is 3. The van der Waals surface area contributed by atoms with Gasteiger partial charge in [0.05, 0.1) is 12.7 Å². The van der Waals surface area contributed by atoms with Crippen molar-refractivity contribution < 1.29 is 9.16 Å². The lowest BCUT2D eigenvalue weighted by Gasteiger charge is -2.40. The van der Waals surface area contributed by atoms with Gasteiger partial charge < -0.3 is 9.16 Å². The van der Waals surface area contributed by atoms with Crippen molar-refractivity contribution in [2.45, 2.75) is 57.5 Å². The molecular weight excluding hydrogens is 396 g/mol. The maximum atomic E-state index is 6.91. The number of ether oxygens (including phenoxy) is 1. The Labute approximate surface area is 189 Å². The van der Waals surface area contributed by atoms with E-state index in [1.807, 2.05) is 18.2 Å². The van der Waals surface area contributed by atoms with Crippen LogP contribution < -0.4 is 0 Å². The van der Waals surface area contributed by atoms with Gasteiger partial charge in [-0.2, -0.15) is 0 Å². The van der Waals surface area contributed by atoms with E-state index in [1.54, 1.807) is 0 Å². The summed E-state index contributed by atoms with van der Waals surface area (Å²) in [4.78, 5) is 0. The molecule has 0 aromatic heterocycles. The zero-order valence-electron chi connectivity index (χ0n) is 19.8. The minimum Gasteiger partial charge on any atom is -0.412 e. The summed E-state index contributed by atoms with van der Waals surface area (Å²) in [5.41, 5.74) is 2.65. The first-order valence-corrected chi connectivity index (χ1v) is 14.1. The molecule has 164 valence electrons. The second kappa shape index (κ2) is 9.52. The Hall–Kier alpha value is -2.20. The molecule has 0 aliphatic heterocycles. The van der Waals surface area contributed by atoms with Crippen LogP contribution in [-0.2, 0) is 14.8 Å². The monoisotopic (exact) mass is 432 g/mol. The van der Waals surface area contributed by atoms with E-state index < -0.39 is 13.9 Å². The lowest BCUT2D eigenvalue weighted by Crippen LogP contribution is -2.45. The molecule has 0 radical (unpaired) electrons. The molecule has 2 nitrogen and oxygen atoms in total. The maximum Gasteiger partial charge on any atom is 0.192 e. The second-order valence-corrected chi connectivity index (χ2v) is 14.5. The van der Waals surface area contributed by atoms with E-state index in [1.165, 1.54) is 0 Å². The zero-order valence-corrected chi connectivity index (χ0v) is 20.8. The fraction of sp³-hybridized carbons (Fsp3) is 0.357. The first-order chi connectivity index (χ1) is 14.7. The molecule has 1 atom stereocenters. The number of rotatable bonds is 8. The quantitative estimate of drug-likeness (QED) is 0.273. The van der Waals surface area contributed by atoms with Gasteiger partial charge in [-0.25, -0.2) is 0 Å². The molecule has 0 spiro atoms. The van der Waals surface area contributed by atoms with E-state index in [9.17, 15) is 0 Å². The van der Waals surface area contributed by atoms with Crippen LogP contribution in [-0.4, -0.2) is 21.0 Å². The van der Waals surface area contributed by atoms with Crippen LogP contribution in [0, 0.1) is 0 Å². The Kier molecular flexibility index (Phi) is 7.20. The molecule has 0 saturated carbocycles. The highest BCUT2D eigenvalue weighted by atomic mass is 28.4. The summed E-state index contributed by atoms with van der Waals surface area (Å²) < 4.78 is 13.5. The third kappa shape index (κ3) is 5.17. The Morgan fingerprint density at radius 3 is 1.35 bits per heavy atom. The molecule has 3 rings (SSSR count). The van der Waals surface area contributed by atoms with E-state index in [0.717, 1.165) is 16.7 Å². The number of hydrogen-bond donors (Lipinski definition) is 0. The highest BCUT2D eigenvalue weighted by molar-refractivity contribution is 6.74. The molecule has 0 unspecified atom stereocenters. The van der Waals surface area contributed by atoms with Gasteiger partial charge in [-0.3, -0.25) is 0 Å². The lowest BCUT2D eigenvalue weighted by molar-refractivity contribution is -0.0289. The zero-order chi connectivity index (χ0) is 22.5. The molecule has 0 saturated heterocycles. The van der Waals surface area contributed by atoms with E-state index in [0.29, 0.717) is 6.61 Å². The maximum absolute atomic E-state index is 6.91. The van der Waals surface area contributed by atoms with Crippen molar-refractivity contribution in [1.82, 2.24) is 0 Å². The molecule has 3 aromatic rings. The molecule has 31 heavy (non-hydrogen) atoms. The molecule has 3 heteroatoms. The van der Waals surface area contributed by atoms with Gasteiger partial charge >= 0.3 is 0 Å². The lowest BCUT2D eigenvalue weighted by atomic mass is 9.80. The van der Waals surface area contributed by atoms with Crippen LogP contribution in [0.5, 0.6) is 0 Å². The summed E-state index contributed by atoms with van der Waals surface area (Å²) in [5, 5.41) is 0.163. The predicted molar refractivity (Wildman–Crippen MR) is 133 cm³/mol. The van der Waals surface area contributed by atoms with Crippen molar-refractivity contribution >= 4 is 8.32 Å². The van der Waals surface area contributed by atoms with Gasteiger partial charge in [0, 0.05) is 0 Å². The first-order valence-electron chi connectivity index (χ1n) is 11.2. The van der Waals surface area contributed by atoms with Crippen molar-refractivity contribution in [1.29, 1.82) is 0 Å². The Bertz CT molecular complexity index is 834. The average molecular weight is 433 g/mol. The molecule has 0 aliphatic rings. The van der Waals surface area contributed by atoms with Crippen LogP contribution in [0.15, 0.2) is 91.0 Å². The Morgan fingerprint density at radius 2 is 1.03 bits per heavy atom. The van der Waals surface area contributed by atoms with Crippen molar-refractivity contribution in [3.63, 3.8) is 0 Å². The first kappa shape index (κ1) is 23.5. The normalized spacial score (nSPS) is 13.7. The van der Waals surface area contributed by atoms with Gasteiger partial charge in [0.1, 0.15) is 5.60 Å². The molecule has 0 amide bonds. The largest absolute Gasteiger partial charge is 0.412 e. The van der Waals surface area contributed by atoms with E-state index in [2.05, 4.69) is 114 Å². The number of hydrogen-bond acceptors (Lipinski definition) is 2. The van der Waals surface area contributed by atoms with Crippen LogP contribution in [0.4, 0.5) is 0 Å². The standard InChI is InChI=1S/C28H36O2Si/c1-23(30-31(5,6)27(2,3)4)22-29-28(24-16-10-7-11-17-24,25-18-12-8-13-19-25)26-20-14-9-15-21-26/h7-21,23H,22H2,1-6H3/t23-/m1/s1. The van der Waals surface area contributed by atoms with Crippen molar-refractivity contribution in [3.8, 4) is 0 Å². The van der Waals surface area contributed by atoms with Gasteiger partial charge in [0.2, 0.25) is 0 Å². The minimum absolute atomic E-state index is 0.00333. The molecule has 3 aromatic carbocycles. The summed E-state index contributed by atoms with van der Waals surface area (Å²) in [7, 11) is -1.88. The van der Waals surface area contributed by atoms with Gasteiger partial charge in [0.25, 0.3) is 0 Å². The van der Waals surface area contributed by atoms with Gasteiger partial charge in [-0.05, 0) is 41.7 Å². The molecular formula is C28H36O2Si. The summed E-state index contributed by atoms with van der Waals surface area (Å²) in [5.74, 6) is 0. The highest BCUT2D eigenvalue weighted by Gasteiger charge is 2.41. The molecule has 0 bridgehead atoms. The summed E-state index contributed by atoms with van der Waals surface area (Å²) >= 11 is 0. The van der Waals surface area contributed by atoms with Crippen LogP contribution >= 0.6 is 0 Å². The van der Waals surface area contributed by atoms with Crippen LogP contribution in [0.1, 0.15) is 44.4 Å². The smallest absolute Gasteiger partial charge is 0.192 e. The van der Waals surface area contributed by atoms with Crippen molar-refractivity contribution in [2.75, 3.05) is 6.61 Å². The molecule has 0 N–H and O–H groups in total. The van der Waals surface area contributed by atoms with Gasteiger partial charge in [-0.1, -0.05) is 112 Å². The highest BCUT2D eigenvalue weighted by Crippen LogP contribution is 2.41. The van der Waals surface area contributed by atoms with Gasteiger partial charge in [-0.15, -0.1) is 0 Å². The summed E-state index contributed by atoms with van der Waals surface area (Å²) in [6, 6.07) is 31.5. The topological polar surface area (TPSA) is 18.5 Å². The predicted octanol–water partition coefficient (Wildman–Crippen LogP) is 7.41. The Morgan fingerprint density at radius 1 is 0.677 bits per heavy atom. The van der Waals surface area contributed by atoms with Crippen LogP contribution in [0.3, 0.4) is 0 Å². The van der Waals surface area contributed by atoms with E-state index in [4.69, 9.17) is 9.16 Å². The van der Waals surface area contributed by atoms with Crippen molar-refractivity contribution in [2.24, 2.45) is 0 Å². The van der Waals surface area contributed by atoms with Crippen LogP contribution in [0.2, 0.25) is 18.1 Å². The second-order valence-electron chi connectivity index (χ2n) is 9.78. The van der Waals surface area contributed by atoms with E-state index in [-0.39, 0.29) is 11.1 Å². The molecule has 0 heterocycles. The SMILES string of the molecule is C[C@H](COC(c1ccccc1)(c1ccccc1)c1ccccc1)O[Si](C)(C)C(C)(C)C. The Balaban J connectivity index is 2.03. The molecule has 0 fully saturated rings. The van der Waals surface area contributed by atoms with Crippen molar-refractivity contribution in [3.05, 3.63) is 108 Å². The van der Waals surface area contributed by atoms with Gasteiger partial charge in [0.15, 0.2) is 8.32 Å². The third-order valence-corrected chi connectivity index (χ3v) is 11.0. The average Bonchev–Trinajstić information content (AvgIpc) is 2.75. The minimum atomic E-state index is -1.88. The third-order valence-electron chi connectivity index (χ3n) is 6.38. The summed E-state index contributed by atoms with van der Waals surface area (Å²) in [6.45, 7) is 14.0. The van der Waals surface area contributed by atoms with Crippen LogP contribution in [0.25, 0.3) is 0 Å². The fourth-order valence-electron chi connectivity index (χ4n) is 3.72.